The van der Waals surface area contributed by atoms with E-state index in [2.05, 4.69) is 17.1 Å². The average molecular weight is 356 g/mol. The summed E-state index contributed by atoms with van der Waals surface area (Å²) in [5.74, 6) is 0.617. The molecule has 1 heterocycles. The van der Waals surface area contributed by atoms with Crippen LogP contribution in [0.3, 0.4) is 0 Å². The normalized spacial score (nSPS) is 18.1. The van der Waals surface area contributed by atoms with Crippen LogP contribution in [0.2, 0.25) is 0 Å². The molecule has 0 aromatic heterocycles. The number of benzene rings is 1. The third kappa shape index (κ3) is 6.34. The fraction of sp³-hybridized carbons (Fsp3) is 0.632. The number of hydrogen-bond acceptors (Lipinski definition) is 2. The zero-order chi connectivity index (χ0) is 18.4. The van der Waals surface area contributed by atoms with E-state index in [1.54, 1.807) is 0 Å². The van der Waals surface area contributed by atoms with E-state index in [1.165, 1.54) is 25.0 Å². The minimum atomic E-state index is -4.33. The van der Waals surface area contributed by atoms with Crippen molar-refractivity contribution in [1.82, 2.24) is 10.2 Å². The fourth-order valence-corrected chi connectivity index (χ4v) is 3.11. The molecule has 1 aromatic carbocycles. The first kappa shape index (κ1) is 19.8. The molecule has 1 aliphatic rings. The second kappa shape index (κ2) is 8.70. The standard InChI is InChI=1S/C19H27F3N2O/c1-14-7-10-24(11-8-14)12-9-23-18(25)13-15(2)16-3-5-17(6-4-16)19(20,21)22/h3-6,14-15H,7-13H2,1-2H3,(H,23,25). The molecule has 1 unspecified atom stereocenters. The van der Waals surface area contributed by atoms with Crippen LogP contribution >= 0.6 is 0 Å². The van der Waals surface area contributed by atoms with Crippen molar-refractivity contribution in [2.24, 2.45) is 5.92 Å². The lowest BCUT2D eigenvalue weighted by Gasteiger charge is -2.30. The smallest absolute Gasteiger partial charge is 0.355 e. The Hall–Kier alpha value is -1.56. The van der Waals surface area contributed by atoms with Crippen LogP contribution < -0.4 is 5.32 Å². The molecule has 1 atom stereocenters. The Bertz CT molecular complexity index is 549. The topological polar surface area (TPSA) is 32.3 Å². The minimum absolute atomic E-state index is 0.0576. The lowest BCUT2D eigenvalue weighted by atomic mass is 9.96. The number of nitrogens with zero attached hydrogens (tertiary/aromatic N) is 1. The number of alkyl halides is 3. The van der Waals surface area contributed by atoms with Gasteiger partial charge in [-0.25, -0.2) is 0 Å². The van der Waals surface area contributed by atoms with Crippen molar-refractivity contribution in [3.8, 4) is 0 Å². The molecule has 1 N–H and O–H groups in total. The first-order valence-electron chi connectivity index (χ1n) is 8.92. The highest BCUT2D eigenvalue weighted by molar-refractivity contribution is 5.76. The van der Waals surface area contributed by atoms with Crippen LogP contribution in [-0.2, 0) is 11.0 Å². The Balaban J connectivity index is 1.72. The van der Waals surface area contributed by atoms with Gasteiger partial charge < -0.3 is 10.2 Å². The number of hydrogen-bond donors (Lipinski definition) is 1. The summed E-state index contributed by atoms with van der Waals surface area (Å²) in [4.78, 5) is 14.4. The van der Waals surface area contributed by atoms with Crippen LogP contribution in [0.1, 0.15) is 50.2 Å². The highest BCUT2D eigenvalue weighted by Gasteiger charge is 2.30. The Morgan fingerprint density at radius 1 is 1.24 bits per heavy atom. The molecule has 6 heteroatoms. The number of rotatable bonds is 6. The summed E-state index contributed by atoms with van der Waals surface area (Å²) >= 11 is 0. The Kier molecular flexibility index (Phi) is 6.87. The summed E-state index contributed by atoms with van der Waals surface area (Å²) in [5, 5.41) is 2.92. The lowest BCUT2D eigenvalue weighted by molar-refractivity contribution is -0.137. The van der Waals surface area contributed by atoms with Gasteiger partial charge in [-0.15, -0.1) is 0 Å². The third-order valence-electron chi connectivity index (χ3n) is 4.93. The van der Waals surface area contributed by atoms with Crippen molar-refractivity contribution in [3.63, 3.8) is 0 Å². The van der Waals surface area contributed by atoms with E-state index in [4.69, 9.17) is 0 Å². The number of amides is 1. The van der Waals surface area contributed by atoms with Crippen molar-refractivity contribution in [1.29, 1.82) is 0 Å². The number of piperidine rings is 1. The summed E-state index contributed by atoms with van der Waals surface area (Å²) in [6.45, 7) is 7.76. The fourth-order valence-electron chi connectivity index (χ4n) is 3.11. The van der Waals surface area contributed by atoms with Gasteiger partial charge in [0.25, 0.3) is 0 Å². The second-order valence-electron chi connectivity index (χ2n) is 7.10. The molecule has 3 nitrogen and oxygen atoms in total. The molecule has 140 valence electrons. The van der Waals surface area contributed by atoms with Crippen LogP contribution in [0, 0.1) is 5.92 Å². The number of halogens is 3. The summed E-state index contributed by atoms with van der Waals surface area (Å²) in [7, 11) is 0. The Labute approximate surface area is 147 Å². The first-order valence-corrected chi connectivity index (χ1v) is 8.92. The molecule has 0 radical (unpaired) electrons. The van der Waals surface area contributed by atoms with Crippen LogP contribution in [-0.4, -0.2) is 37.0 Å². The molecule has 1 aromatic rings. The molecule has 0 aliphatic carbocycles. The van der Waals surface area contributed by atoms with Crippen LogP contribution in [0.5, 0.6) is 0 Å². The van der Waals surface area contributed by atoms with Gasteiger partial charge in [0.1, 0.15) is 0 Å². The summed E-state index contributed by atoms with van der Waals surface area (Å²) in [5.41, 5.74) is 0.0805. The first-order chi connectivity index (χ1) is 11.8. The molecule has 25 heavy (non-hydrogen) atoms. The van der Waals surface area contributed by atoms with Crippen molar-refractivity contribution in [3.05, 3.63) is 35.4 Å². The molecule has 0 spiro atoms. The molecule has 1 saturated heterocycles. The van der Waals surface area contributed by atoms with Gasteiger partial charge in [-0.2, -0.15) is 13.2 Å². The van der Waals surface area contributed by atoms with Crippen molar-refractivity contribution in [2.75, 3.05) is 26.2 Å². The molecular weight excluding hydrogens is 329 g/mol. The number of carbonyl (C=O) groups is 1. The highest BCUT2D eigenvalue weighted by Crippen LogP contribution is 2.30. The lowest BCUT2D eigenvalue weighted by Crippen LogP contribution is -2.39. The quantitative estimate of drug-likeness (QED) is 0.834. The summed E-state index contributed by atoms with van der Waals surface area (Å²) in [6.07, 6.45) is -1.63. The predicted molar refractivity (Wildman–Crippen MR) is 92.3 cm³/mol. The van der Waals surface area contributed by atoms with Gasteiger partial charge in [0.2, 0.25) is 5.91 Å². The van der Waals surface area contributed by atoms with E-state index in [0.29, 0.717) is 6.54 Å². The van der Waals surface area contributed by atoms with Crippen molar-refractivity contribution in [2.45, 2.75) is 45.2 Å². The highest BCUT2D eigenvalue weighted by atomic mass is 19.4. The third-order valence-corrected chi connectivity index (χ3v) is 4.93. The molecule has 2 rings (SSSR count). The number of likely N-dealkylation sites (tertiary alicyclic amines) is 1. The van der Waals surface area contributed by atoms with Gasteiger partial charge in [-0.3, -0.25) is 4.79 Å². The summed E-state index contributed by atoms with van der Waals surface area (Å²) in [6, 6.07) is 5.05. The van der Waals surface area contributed by atoms with Gasteiger partial charge in [-0.05, 0) is 55.5 Å². The maximum atomic E-state index is 12.6. The van der Waals surface area contributed by atoms with E-state index in [0.717, 1.165) is 43.2 Å². The monoisotopic (exact) mass is 356 g/mol. The average Bonchev–Trinajstić information content (AvgIpc) is 2.56. The number of carbonyl (C=O) groups excluding carboxylic acids is 1. The zero-order valence-electron chi connectivity index (χ0n) is 14.9. The van der Waals surface area contributed by atoms with E-state index in [-0.39, 0.29) is 18.2 Å². The molecule has 0 saturated carbocycles. The molecule has 1 fully saturated rings. The minimum Gasteiger partial charge on any atom is -0.355 e. The van der Waals surface area contributed by atoms with E-state index < -0.39 is 11.7 Å². The van der Waals surface area contributed by atoms with Gasteiger partial charge >= 0.3 is 6.18 Å². The Morgan fingerprint density at radius 3 is 2.40 bits per heavy atom. The van der Waals surface area contributed by atoms with E-state index >= 15 is 0 Å². The molecule has 0 bridgehead atoms. The summed E-state index contributed by atoms with van der Waals surface area (Å²) < 4.78 is 37.7. The van der Waals surface area contributed by atoms with E-state index in [9.17, 15) is 18.0 Å². The second-order valence-corrected chi connectivity index (χ2v) is 7.10. The van der Waals surface area contributed by atoms with Crippen molar-refractivity contribution < 1.29 is 18.0 Å². The van der Waals surface area contributed by atoms with Gasteiger partial charge in [0.15, 0.2) is 0 Å². The van der Waals surface area contributed by atoms with Gasteiger partial charge in [-0.1, -0.05) is 26.0 Å². The molecular formula is C19H27F3N2O. The maximum Gasteiger partial charge on any atom is 0.416 e. The van der Waals surface area contributed by atoms with Gasteiger partial charge in [0, 0.05) is 19.5 Å². The SMILES string of the molecule is CC1CCN(CCNC(=O)CC(C)c2ccc(C(F)(F)F)cc2)CC1. The molecule has 1 aliphatic heterocycles. The molecule has 1 amide bonds. The zero-order valence-corrected chi connectivity index (χ0v) is 14.9. The van der Waals surface area contributed by atoms with Crippen molar-refractivity contribution >= 4 is 5.91 Å². The van der Waals surface area contributed by atoms with E-state index in [1.807, 2.05) is 6.92 Å². The van der Waals surface area contributed by atoms with Crippen LogP contribution in [0.4, 0.5) is 13.2 Å². The van der Waals surface area contributed by atoms with Crippen LogP contribution in [0.25, 0.3) is 0 Å². The number of nitrogens with one attached hydrogen (secondary N) is 1. The maximum absolute atomic E-state index is 12.6. The van der Waals surface area contributed by atoms with Crippen LogP contribution in [0.15, 0.2) is 24.3 Å². The Morgan fingerprint density at radius 2 is 1.84 bits per heavy atom. The largest absolute Gasteiger partial charge is 0.416 e. The van der Waals surface area contributed by atoms with Gasteiger partial charge in [0.05, 0.1) is 5.56 Å². The predicted octanol–water partition coefficient (Wildman–Crippen LogP) is 4.05.